The summed E-state index contributed by atoms with van der Waals surface area (Å²) in [6.45, 7) is 5.10. The van der Waals surface area contributed by atoms with E-state index in [0.29, 0.717) is 5.92 Å². The maximum atomic E-state index is 11.2. The van der Waals surface area contributed by atoms with Crippen LogP contribution in [0.25, 0.3) is 0 Å². The van der Waals surface area contributed by atoms with Crippen molar-refractivity contribution in [3.8, 4) is 0 Å². The molecule has 0 aliphatic heterocycles. The van der Waals surface area contributed by atoms with E-state index in [9.17, 15) is 9.59 Å². The minimum atomic E-state index is -0.520. The van der Waals surface area contributed by atoms with Gasteiger partial charge in [-0.05, 0) is 18.8 Å². The Morgan fingerprint density at radius 1 is 1.17 bits per heavy atom. The number of carbonyl (C=O) groups excluding carboxylic acids is 2. The highest BCUT2D eigenvalue weighted by molar-refractivity contribution is 5.67. The molecule has 5 heteroatoms. The van der Waals surface area contributed by atoms with Crippen molar-refractivity contribution in [2.24, 2.45) is 11.8 Å². The number of hydrogen-bond acceptors (Lipinski definition) is 5. The zero-order valence-electron chi connectivity index (χ0n) is 11.5. The third kappa shape index (κ3) is 4.29. The summed E-state index contributed by atoms with van der Waals surface area (Å²) in [6.07, 6.45) is 1.05. The van der Waals surface area contributed by atoms with Crippen LogP contribution in [0.5, 0.6) is 0 Å². The number of esters is 2. The Kier molecular flexibility index (Phi) is 5.59. The lowest BCUT2D eigenvalue weighted by atomic mass is 9.72. The topological polar surface area (TPSA) is 61.8 Å². The van der Waals surface area contributed by atoms with Crippen molar-refractivity contribution in [2.45, 2.75) is 45.8 Å². The summed E-state index contributed by atoms with van der Waals surface area (Å²) in [5.74, 6) is 0.145. The second-order valence-electron chi connectivity index (χ2n) is 5.01. The quantitative estimate of drug-likeness (QED) is 0.676. The molecule has 0 saturated heterocycles. The van der Waals surface area contributed by atoms with Gasteiger partial charge in [-0.3, -0.25) is 9.59 Å². The van der Waals surface area contributed by atoms with E-state index >= 15 is 0 Å². The molecule has 1 aliphatic carbocycles. The molecule has 0 N–H and O–H groups in total. The Bertz CT molecular complexity index is 296. The lowest BCUT2D eigenvalue weighted by Crippen LogP contribution is -2.46. The molecule has 0 heterocycles. The fourth-order valence-corrected chi connectivity index (χ4v) is 2.47. The Labute approximate surface area is 108 Å². The van der Waals surface area contributed by atoms with Gasteiger partial charge in [-0.15, -0.1) is 0 Å². The third-order valence-electron chi connectivity index (χ3n) is 3.19. The number of rotatable bonds is 6. The highest BCUT2D eigenvalue weighted by Gasteiger charge is 2.40. The normalized spacial score (nSPS) is 25.8. The molecule has 0 unspecified atom stereocenters. The van der Waals surface area contributed by atoms with E-state index in [4.69, 9.17) is 14.2 Å². The number of hydrogen-bond donors (Lipinski definition) is 0. The van der Waals surface area contributed by atoms with E-state index in [0.717, 1.165) is 12.8 Å². The maximum Gasteiger partial charge on any atom is 0.303 e. The molecule has 2 atom stereocenters. The molecule has 0 radical (unpaired) electrons. The van der Waals surface area contributed by atoms with Gasteiger partial charge in [0.15, 0.2) is 6.10 Å². The van der Waals surface area contributed by atoms with Crippen LogP contribution >= 0.6 is 0 Å². The summed E-state index contributed by atoms with van der Waals surface area (Å²) in [7, 11) is 1.53. The van der Waals surface area contributed by atoms with Crippen LogP contribution < -0.4 is 0 Å². The first kappa shape index (κ1) is 15.0. The minimum absolute atomic E-state index is 0.238. The van der Waals surface area contributed by atoms with Crippen LogP contribution in [0.3, 0.4) is 0 Å². The van der Waals surface area contributed by atoms with Gasteiger partial charge in [-0.25, -0.2) is 0 Å². The number of methoxy groups -OCH3 is 1. The van der Waals surface area contributed by atoms with Crippen molar-refractivity contribution in [3.63, 3.8) is 0 Å². The van der Waals surface area contributed by atoms with Crippen LogP contribution in [0.4, 0.5) is 0 Å². The van der Waals surface area contributed by atoms with Gasteiger partial charge in [0.05, 0.1) is 6.61 Å². The molecule has 0 aromatic rings. The highest BCUT2D eigenvalue weighted by Crippen LogP contribution is 2.38. The second kappa shape index (κ2) is 6.73. The first-order chi connectivity index (χ1) is 8.43. The first-order valence-electron chi connectivity index (χ1n) is 6.27. The van der Waals surface area contributed by atoms with Crippen LogP contribution in [-0.2, 0) is 23.8 Å². The van der Waals surface area contributed by atoms with Gasteiger partial charge in [0.2, 0.25) is 0 Å². The van der Waals surface area contributed by atoms with E-state index in [1.54, 1.807) is 0 Å². The SMILES string of the molecule is COC[C@H](OC(C)=O)[C@H](OC(C)=O)C1CC(C)C1. The second-order valence-corrected chi connectivity index (χ2v) is 5.01. The Balaban J connectivity index is 2.69. The molecule has 0 bridgehead atoms. The van der Waals surface area contributed by atoms with Crippen LogP contribution in [0.2, 0.25) is 0 Å². The van der Waals surface area contributed by atoms with E-state index in [1.807, 2.05) is 0 Å². The van der Waals surface area contributed by atoms with Gasteiger partial charge in [0, 0.05) is 26.9 Å². The molecule has 104 valence electrons. The van der Waals surface area contributed by atoms with Crippen LogP contribution in [-0.4, -0.2) is 37.9 Å². The molecule has 5 nitrogen and oxygen atoms in total. The first-order valence-corrected chi connectivity index (χ1v) is 6.27. The van der Waals surface area contributed by atoms with Crippen molar-refractivity contribution in [2.75, 3.05) is 13.7 Å². The molecule has 1 fully saturated rings. The maximum absolute atomic E-state index is 11.2. The lowest BCUT2D eigenvalue weighted by Gasteiger charge is -2.40. The molecular formula is C13H22O5. The van der Waals surface area contributed by atoms with Crippen molar-refractivity contribution < 1.29 is 23.8 Å². The summed E-state index contributed by atoms with van der Waals surface area (Å²) in [5.41, 5.74) is 0. The van der Waals surface area contributed by atoms with E-state index in [2.05, 4.69) is 6.92 Å². The fraction of sp³-hybridized carbons (Fsp3) is 0.846. The van der Waals surface area contributed by atoms with Crippen LogP contribution in [0.1, 0.15) is 33.6 Å². The summed E-state index contributed by atoms with van der Waals surface area (Å²) >= 11 is 0. The van der Waals surface area contributed by atoms with Crippen LogP contribution in [0, 0.1) is 11.8 Å². The lowest BCUT2D eigenvalue weighted by molar-refractivity contribution is -0.179. The average molecular weight is 258 g/mol. The molecule has 0 spiro atoms. The van der Waals surface area contributed by atoms with Crippen LogP contribution in [0.15, 0.2) is 0 Å². The molecule has 1 aliphatic rings. The summed E-state index contributed by atoms with van der Waals surface area (Å²) in [6, 6.07) is 0. The minimum Gasteiger partial charge on any atom is -0.458 e. The van der Waals surface area contributed by atoms with Gasteiger partial charge in [-0.2, -0.15) is 0 Å². The van der Waals surface area contributed by atoms with E-state index < -0.39 is 12.2 Å². The average Bonchev–Trinajstić information content (AvgIpc) is 2.20. The van der Waals surface area contributed by atoms with Gasteiger partial charge < -0.3 is 14.2 Å². The van der Waals surface area contributed by atoms with Crippen molar-refractivity contribution >= 4 is 11.9 Å². The molecule has 1 saturated carbocycles. The molecule has 18 heavy (non-hydrogen) atoms. The van der Waals surface area contributed by atoms with Crippen molar-refractivity contribution in [1.29, 1.82) is 0 Å². The smallest absolute Gasteiger partial charge is 0.303 e. The largest absolute Gasteiger partial charge is 0.458 e. The van der Waals surface area contributed by atoms with E-state index in [-0.39, 0.29) is 24.5 Å². The Morgan fingerprint density at radius 2 is 1.72 bits per heavy atom. The Hall–Kier alpha value is -1.10. The summed E-state index contributed by atoms with van der Waals surface area (Å²) < 4.78 is 15.6. The zero-order chi connectivity index (χ0) is 13.7. The molecule has 0 aromatic carbocycles. The fourth-order valence-electron chi connectivity index (χ4n) is 2.47. The highest BCUT2D eigenvalue weighted by atomic mass is 16.6. The van der Waals surface area contributed by atoms with Gasteiger partial charge >= 0.3 is 11.9 Å². The standard InChI is InChI=1S/C13H22O5/c1-8-5-11(6-8)13(18-10(3)15)12(7-16-4)17-9(2)14/h8,11-13H,5-7H2,1-4H3/t8?,11?,12-,13+/m0/s1. The van der Waals surface area contributed by atoms with E-state index in [1.165, 1.54) is 21.0 Å². The number of ether oxygens (including phenoxy) is 3. The summed E-state index contributed by atoms with van der Waals surface area (Å²) in [5, 5.41) is 0. The summed E-state index contributed by atoms with van der Waals surface area (Å²) in [4.78, 5) is 22.3. The molecule has 0 amide bonds. The van der Waals surface area contributed by atoms with Gasteiger partial charge in [0.1, 0.15) is 6.10 Å². The zero-order valence-corrected chi connectivity index (χ0v) is 11.5. The predicted octanol–water partition coefficient (Wildman–Crippen LogP) is 1.54. The molecule has 0 aromatic heterocycles. The number of carbonyl (C=O) groups is 2. The third-order valence-corrected chi connectivity index (χ3v) is 3.19. The predicted molar refractivity (Wildman–Crippen MR) is 64.9 cm³/mol. The van der Waals surface area contributed by atoms with Gasteiger partial charge in [-0.1, -0.05) is 6.92 Å². The van der Waals surface area contributed by atoms with Crippen molar-refractivity contribution in [3.05, 3.63) is 0 Å². The molecular weight excluding hydrogens is 236 g/mol. The molecule has 1 rings (SSSR count). The monoisotopic (exact) mass is 258 g/mol. The van der Waals surface area contributed by atoms with Gasteiger partial charge in [0.25, 0.3) is 0 Å². The Morgan fingerprint density at radius 3 is 2.11 bits per heavy atom. The van der Waals surface area contributed by atoms with Crippen molar-refractivity contribution in [1.82, 2.24) is 0 Å².